The minimum absolute atomic E-state index is 0.0127. The molecule has 0 radical (unpaired) electrons. The van der Waals surface area contributed by atoms with E-state index in [9.17, 15) is 4.79 Å². The fourth-order valence-corrected chi connectivity index (χ4v) is 1.80. The standard InChI is InChI=1S/C10H15N5O2/c11-8-4-9(14-6-13-8)15(10(12)16)5-7-2-1-3-17-7/h4,6-7H,1-3,5H2,(H2,12,16)(H2,11,13,14). The SMILES string of the molecule is NC(=O)N(CC1CCCO1)c1cc(N)ncn1. The van der Waals surface area contributed by atoms with Gasteiger partial charge >= 0.3 is 6.03 Å². The van der Waals surface area contributed by atoms with Crippen LogP contribution in [0.25, 0.3) is 0 Å². The van der Waals surface area contributed by atoms with Crippen molar-refractivity contribution in [1.29, 1.82) is 0 Å². The number of hydrogen-bond acceptors (Lipinski definition) is 5. The summed E-state index contributed by atoms with van der Waals surface area (Å²) in [5, 5.41) is 0. The minimum atomic E-state index is -0.571. The predicted molar refractivity (Wildman–Crippen MR) is 62.3 cm³/mol. The van der Waals surface area contributed by atoms with Gasteiger partial charge in [0, 0.05) is 12.7 Å². The van der Waals surface area contributed by atoms with E-state index in [4.69, 9.17) is 16.2 Å². The first-order valence-corrected chi connectivity index (χ1v) is 5.43. The molecule has 1 unspecified atom stereocenters. The third-order valence-corrected chi connectivity index (χ3v) is 2.63. The number of ether oxygens (including phenoxy) is 1. The highest BCUT2D eigenvalue weighted by Crippen LogP contribution is 2.18. The molecule has 1 aromatic heterocycles. The third-order valence-electron chi connectivity index (χ3n) is 2.63. The van der Waals surface area contributed by atoms with E-state index in [-0.39, 0.29) is 6.10 Å². The van der Waals surface area contributed by atoms with Gasteiger partial charge in [0.2, 0.25) is 0 Å². The van der Waals surface area contributed by atoms with Gasteiger partial charge in [-0.2, -0.15) is 0 Å². The molecule has 0 aromatic carbocycles. The van der Waals surface area contributed by atoms with E-state index in [1.165, 1.54) is 17.3 Å². The average Bonchev–Trinajstić information content (AvgIpc) is 2.78. The van der Waals surface area contributed by atoms with Crippen LogP contribution in [0.5, 0.6) is 0 Å². The van der Waals surface area contributed by atoms with Crippen LogP contribution in [0.1, 0.15) is 12.8 Å². The summed E-state index contributed by atoms with van der Waals surface area (Å²) in [6.45, 7) is 1.12. The van der Waals surface area contributed by atoms with Crippen molar-refractivity contribution >= 4 is 17.7 Å². The summed E-state index contributed by atoms with van der Waals surface area (Å²) in [4.78, 5) is 20.5. The summed E-state index contributed by atoms with van der Waals surface area (Å²) >= 11 is 0. The summed E-state index contributed by atoms with van der Waals surface area (Å²) < 4.78 is 5.46. The van der Waals surface area contributed by atoms with Crippen LogP contribution in [0.4, 0.5) is 16.4 Å². The van der Waals surface area contributed by atoms with Gasteiger partial charge in [0.1, 0.15) is 18.0 Å². The second kappa shape index (κ2) is 4.96. The van der Waals surface area contributed by atoms with E-state index in [2.05, 4.69) is 9.97 Å². The largest absolute Gasteiger partial charge is 0.384 e. The number of rotatable bonds is 3. The molecule has 0 bridgehead atoms. The molecule has 1 aliphatic heterocycles. The van der Waals surface area contributed by atoms with Gasteiger partial charge in [-0.25, -0.2) is 14.8 Å². The fraction of sp³-hybridized carbons (Fsp3) is 0.500. The van der Waals surface area contributed by atoms with E-state index < -0.39 is 6.03 Å². The highest BCUT2D eigenvalue weighted by atomic mass is 16.5. The minimum Gasteiger partial charge on any atom is -0.384 e. The smallest absolute Gasteiger partial charge is 0.320 e. The van der Waals surface area contributed by atoms with Crippen LogP contribution in [0.15, 0.2) is 12.4 Å². The molecule has 4 N–H and O–H groups in total. The van der Waals surface area contributed by atoms with Gasteiger partial charge < -0.3 is 16.2 Å². The van der Waals surface area contributed by atoms with Crippen molar-refractivity contribution in [2.24, 2.45) is 5.73 Å². The zero-order chi connectivity index (χ0) is 12.3. The van der Waals surface area contributed by atoms with Crippen molar-refractivity contribution in [1.82, 2.24) is 9.97 Å². The molecule has 1 atom stereocenters. The van der Waals surface area contributed by atoms with Crippen LogP contribution in [0, 0.1) is 0 Å². The Labute approximate surface area is 98.8 Å². The molecule has 0 aliphatic carbocycles. The summed E-state index contributed by atoms with van der Waals surface area (Å²) in [5.41, 5.74) is 10.9. The second-order valence-corrected chi connectivity index (χ2v) is 3.88. The van der Waals surface area contributed by atoms with Gasteiger partial charge in [-0.05, 0) is 12.8 Å². The molecule has 17 heavy (non-hydrogen) atoms. The number of primary amides is 1. The highest BCUT2D eigenvalue weighted by Gasteiger charge is 2.23. The number of aromatic nitrogens is 2. The zero-order valence-corrected chi connectivity index (χ0v) is 9.37. The van der Waals surface area contributed by atoms with E-state index in [0.717, 1.165) is 19.4 Å². The topological polar surface area (TPSA) is 107 Å². The van der Waals surface area contributed by atoms with Crippen LogP contribution in [-0.4, -0.2) is 35.3 Å². The number of nitrogens with zero attached hydrogens (tertiary/aromatic N) is 3. The molecule has 92 valence electrons. The van der Waals surface area contributed by atoms with Crippen LogP contribution < -0.4 is 16.4 Å². The molecule has 2 amide bonds. The van der Waals surface area contributed by atoms with Crippen LogP contribution in [0.3, 0.4) is 0 Å². The molecule has 2 heterocycles. The first-order chi connectivity index (χ1) is 8.16. The van der Waals surface area contributed by atoms with E-state index in [1.54, 1.807) is 0 Å². The first-order valence-electron chi connectivity index (χ1n) is 5.43. The predicted octanol–water partition coefficient (Wildman–Crippen LogP) is 0.123. The Morgan fingerprint density at radius 3 is 3.00 bits per heavy atom. The van der Waals surface area contributed by atoms with Crippen molar-refractivity contribution < 1.29 is 9.53 Å². The van der Waals surface area contributed by atoms with Gasteiger partial charge in [0.25, 0.3) is 0 Å². The summed E-state index contributed by atoms with van der Waals surface area (Å²) in [5.74, 6) is 0.703. The molecular formula is C10H15N5O2. The summed E-state index contributed by atoms with van der Waals surface area (Å²) in [6, 6.07) is 0.943. The third kappa shape index (κ3) is 2.82. The number of nitrogen functional groups attached to an aromatic ring is 1. The average molecular weight is 237 g/mol. The Morgan fingerprint density at radius 2 is 2.41 bits per heavy atom. The number of carbonyl (C=O) groups excluding carboxylic acids is 1. The van der Waals surface area contributed by atoms with Gasteiger partial charge in [-0.15, -0.1) is 0 Å². The molecule has 1 aliphatic rings. The molecule has 7 nitrogen and oxygen atoms in total. The Hall–Kier alpha value is -1.89. The van der Waals surface area contributed by atoms with Crippen molar-refractivity contribution in [3.63, 3.8) is 0 Å². The zero-order valence-electron chi connectivity index (χ0n) is 9.37. The fourth-order valence-electron chi connectivity index (χ4n) is 1.80. The van der Waals surface area contributed by atoms with Crippen LogP contribution in [0.2, 0.25) is 0 Å². The Morgan fingerprint density at radius 1 is 1.59 bits per heavy atom. The lowest BCUT2D eigenvalue weighted by molar-refractivity contribution is 0.116. The maximum atomic E-state index is 11.4. The molecule has 2 rings (SSSR count). The molecule has 1 fully saturated rings. The Kier molecular flexibility index (Phi) is 3.38. The quantitative estimate of drug-likeness (QED) is 0.776. The normalized spacial score (nSPS) is 19.2. The highest BCUT2D eigenvalue weighted by molar-refractivity contribution is 5.89. The van der Waals surface area contributed by atoms with E-state index in [1.807, 2.05) is 0 Å². The number of urea groups is 1. The molecular weight excluding hydrogens is 222 g/mol. The molecule has 1 aromatic rings. The maximum Gasteiger partial charge on any atom is 0.320 e. The lowest BCUT2D eigenvalue weighted by atomic mass is 10.2. The van der Waals surface area contributed by atoms with E-state index in [0.29, 0.717) is 18.2 Å². The number of hydrogen-bond donors (Lipinski definition) is 2. The Balaban J connectivity index is 2.13. The lowest BCUT2D eigenvalue weighted by Crippen LogP contribution is -2.41. The molecule has 0 saturated carbocycles. The van der Waals surface area contributed by atoms with Crippen LogP contribution >= 0.6 is 0 Å². The van der Waals surface area contributed by atoms with E-state index >= 15 is 0 Å². The number of carbonyl (C=O) groups is 1. The summed E-state index contributed by atoms with van der Waals surface area (Å²) in [7, 11) is 0. The van der Waals surface area contributed by atoms with Gasteiger partial charge in [0.15, 0.2) is 0 Å². The van der Waals surface area contributed by atoms with Gasteiger partial charge in [0.05, 0.1) is 12.6 Å². The maximum absolute atomic E-state index is 11.4. The second-order valence-electron chi connectivity index (χ2n) is 3.88. The monoisotopic (exact) mass is 237 g/mol. The van der Waals surface area contributed by atoms with Crippen molar-refractivity contribution in [2.45, 2.75) is 18.9 Å². The molecule has 0 spiro atoms. The van der Waals surface area contributed by atoms with Crippen molar-refractivity contribution in [3.05, 3.63) is 12.4 Å². The van der Waals surface area contributed by atoms with Crippen LogP contribution in [-0.2, 0) is 4.74 Å². The van der Waals surface area contributed by atoms with Crippen molar-refractivity contribution in [3.8, 4) is 0 Å². The van der Waals surface area contributed by atoms with Gasteiger partial charge in [-0.3, -0.25) is 4.90 Å². The molecule has 1 saturated heterocycles. The lowest BCUT2D eigenvalue weighted by Gasteiger charge is -2.22. The van der Waals surface area contributed by atoms with Gasteiger partial charge in [-0.1, -0.05) is 0 Å². The number of amides is 2. The molecule has 7 heteroatoms. The first kappa shape index (κ1) is 11.6. The Bertz CT molecular complexity index is 405. The number of nitrogens with two attached hydrogens (primary N) is 2. The summed E-state index contributed by atoms with van der Waals surface area (Å²) in [6.07, 6.45) is 3.24. The van der Waals surface area contributed by atoms with Crippen molar-refractivity contribution in [2.75, 3.05) is 23.8 Å². The number of anilines is 2.